The van der Waals surface area contributed by atoms with E-state index in [1.165, 1.54) is 22.7 Å². The van der Waals surface area contributed by atoms with Crippen molar-refractivity contribution in [3.05, 3.63) is 42.6 Å². The molecular formula is C19H24N2. The van der Waals surface area contributed by atoms with Gasteiger partial charge in [-0.15, -0.1) is 0 Å². The van der Waals surface area contributed by atoms with E-state index < -0.39 is 0 Å². The molecule has 2 heteroatoms. The topological polar surface area (TPSA) is 17.8 Å². The van der Waals surface area contributed by atoms with Gasteiger partial charge in [0.25, 0.3) is 0 Å². The van der Waals surface area contributed by atoms with E-state index in [0.717, 1.165) is 5.65 Å². The summed E-state index contributed by atoms with van der Waals surface area (Å²) in [5, 5.41) is 2.58. The highest BCUT2D eigenvalue weighted by Gasteiger charge is 2.22. The van der Waals surface area contributed by atoms with Gasteiger partial charge in [0, 0.05) is 23.0 Å². The van der Waals surface area contributed by atoms with Crippen LogP contribution in [0.25, 0.3) is 21.9 Å². The Labute approximate surface area is 126 Å². The van der Waals surface area contributed by atoms with Crippen molar-refractivity contribution in [2.45, 2.75) is 40.2 Å². The zero-order valence-electron chi connectivity index (χ0n) is 13.4. The van der Waals surface area contributed by atoms with Crippen LogP contribution in [0.15, 0.2) is 42.6 Å². The number of pyridine rings is 1. The lowest BCUT2D eigenvalue weighted by molar-refractivity contribution is 0.327. The van der Waals surface area contributed by atoms with Crippen molar-refractivity contribution in [2.24, 2.45) is 11.8 Å². The summed E-state index contributed by atoms with van der Waals surface area (Å²) in [4.78, 5) is 4.69. The Hall–Kier alpha value is -1.83. The highest BCUT2D eigenvalue weighted by Crippen LogP contribution is 2.35. The van der Waals surface area contributed by atoms with E-state index in [4.69, 9.17) is 4.98 Å². The maximum Gasteiger partial charge on any atom is 0.141 e. The smallest absolute Gasteiger partial charge is 0.141 e. The van der Waals surface area contributed by atoms with Crippen LogP contribution in [0.1, 0.15) is 40.2 Å². The molecule has 0 aliphatic carbocycles. The minimum Gasteiger partial charge on any atom is -0.322 e. The van der Waals surface area contributed by atoms with Crippen molar-refractivity contribution >= 4 is 21.9 Å². The van der Waals surface area contributed by atoms with Gasteiger partial charge in [-0.3, -0.25) is 0 Å². The molecule has 1 aromatic carbocycles. The molecule has 0 bridgehead atoms. The first-order valence-corrected chi connectivity index (χ1v) is 7.93. The van der Waals surface area contributed by atoms with Crippen LogP contribution < -0.4 is 0 Å². The molecule has 0 fully saturated rings. The molecule has 3 rings (SSSR count). The van der Waals surface area contributed by atoms with E-state index in [1.807, 2.05) is 12.3 Å². The van der Waals surface area contributed by atoms with Gasteiger partial charge in [0.1, 0.15) is 5.65 Å². The Balaban J connectivity index is 2.32. The summed E-state index contributed by atoms with van der Waals surface area (Å²) in [7, 11) is 0. The second-order valence-corrected chi connectivity index (χ2v) is 6.70. The van der Waals surface area contributed by atoms with Gasteiger partial charge < -0.3 is 4.57 Å². The first-order chi connectivity index (χ1) is 10.1. The predicted molar refractivity (Wildman–Crippen MR) is 90.6 cm³/mol. The summed E-state index contributed by atoms with van der Waals surface area (Å²) < 4.78 is 2.47. The van der Waals surface area contributed by atoms with E-state index in [2.05, 4.69) is 62.6 Å². The summed E-state index contributed by atoms with van der Waals surface area (Å²) >= 11 is 0. The highest BCUT2D eigenvalue weighted by atomic mass is 15.1. The Bertz CT molecular complexity index is 699. The van der Waals surface area contributed by atoms with Gasteiger partial charge in [0.2, 0.25) is 0 Å². The zero-order chi connectivity index (χ0) is 15.0. The molecule has 2 heterocycles. The van der Waals surface area contributed by atoms with E-state index in [-0.39, 0.29) is 0 Å². The van der Waals surface area contributed by atoms with Crippen molar-refractivity contribution in [1.82, 2.24) is 9.55 Å². The van der Waals surface area contributed by atoms with Gasteiger partial charge in [0.05, 0.1) is 5.52 Å². The van der Waals surface area contributed by atoms with Crippen molar-refractivity contribution in [1.29, 1.82) is 0 Å². The molecule has 0 amide bonds. The number of benzene rings is 1. The van der Waals surface area contributed by atoms with Gasteiger partial charge in [-0.05, 0) is 36.5 Å². The first kappa shape index (κ1) is 14.1. The Morgan fingerprint density at radius 3 is 2.38 bits per heavy atom. The molecule has 0 spiro atoms. The zero-order valence-corrected chi connectivity index (χ0v) is 13.4. The minimum absolute atomic E-state index is 0.488. The van der Waals surface area contributed by atoms with E-state index >= 15 is 0 Å². The highest BCUT2D eigenvalue weighted by molar-refractivity contribution is 6.06. The lowest BCUT2D eigenvalue weighted by atomic mass is 9.94. The average molecular weight is 280 g/mol. The fourth-order valence-electron chi connectivity index (χ4n) is 3.32. The standard InChI is InChI=1S/C19H24N2/c1-13(2)12-18(14(3)4)21-17-10-6-5-8-15(17)16-9-7-11-20-19(16)21/h5-11,13-14,18H,12H2,1-4H3. The average Bonchev–Trinajstić information content (AvgIpc) is 2.79. The molecule has 0 radical (unpaired) electrons. The first-order valence-electron chi connectivity index (χ1n) is 7.93. The molecule has 0 saturated carbocycles. The fraction of sp³-hybridized carbons (Fsp3) is 0.421. The Morgan fingerprint density at radius 1 is 0.952 bits per heavy atom. The third kappa shape index (κ3) is 2.44. The summed E-state index contributed by atoms with van der Waals surface area (Å²) in [5.41, 5.74) is 2.43. The summed E-state index contributed by atoms with van der Waals surface area (Å²) in [6, 6.07) is 13.4. The molecule has 110 valence electrons. The lowest BCUT2D eigenvalue weighted by Crippen LogP contribution is -2.17. The van der Waals surface area contributed by atoms with Crippen molar-refractivity contribution in [3.8, 4) is 0 Å². The van der Waals surface area contributed by atoms with Gasteiger partial charge in [0.15, 0.2) is 0 Å². The third-order valence-corrected chi connectivity index (χ3v) is 4.28. The SMILES string of the molecule is CC(C)CC(C(C)C)n1c2ccccc2c2cccnc21. The number of para-hydroxylation sites is 1. The Morgan fingerprint density at radius 2 is 1.67 bits per heavy atom. The molecule has 21 heavy (non-hydrogen) atoms. The van der Waals surface area contributed by atoms with E-state index in [0.29, 0.717) is 17.9 Å². The molecule has 0 N–H and O–H groups in total. The van der Waals surface area contributed by atoms with Gasteiger partial charge in [-0.1, -0.05) is 45.9 Å². The molecule has 3 aromatic rings. The molecule has 0 aliphatic rings. The minimum atomic E-state index is 0.488. The summed E-state index contributed by atoms with van der Waals surface area (Å²) in [6.45, 7) is 9.24. The molecule has 0 saturated heterocycles. The number of rotatable bonds is 4. The van der Waals surface area contributed by atoms with Crippen molar-refractivity contribution < 1.29 is 0 Å². The fourth-order valence-corrected chi connectivity index (χ4v) is 3.32. The predicted octanol–water partition coefficient (Wildman–Crippen LogP) is 5.43. The van der Waals surface area contributed by atoms with E-state index in [9.17, 15) is 0 Å². The van der Waals surface area contributed by atoms with Crippen LogP contribution in [0.4, 0.5) is 0 Å². The third-order valence-electron chi connectivity index (χ3n) is 4.28. The normalized spacial score (nSPS) is 13.6. The second-order valence-electron chi connectivity index (χ2n) is 6.70. The van der Waals surface area contributed by atoms with Crippen LogP contribution in [0.3, 0.4) is 0 Å². The van der Waals surface area contributed by atoms with Crippen LogP contribution in [0, 0.1) is 11.8 Å². The van der Waals surface area contributed by atoms with Crippen molar-refractivity contribution in [2.75, 3.05) is 0 Å². The van der Waals surface area contributed by atoms with E-state index in [1.54, 1.807) is 0 Å². The van der Waals surface area contributed by atoms with Gasteiger partial charge in [-0.2, -0.15) is 0 Å². The monoisotopic (exact) mass is 280 g/mol. The summed E-state index contributed by atoms with van der Waals surface area (Å²) in [6.07, 6.45) is 3.09. The molecule has 0 aliphatic heterocycles. The summed E-state index contributed by atoms with van der Waals surface area (Å²) in [5.74, 6) is 1.27. The number of aromatic nitrogens is 2. The van der Waals surface area contributed by atoms with Crippen LogP contribution in [0.5, 0.6) is 0 Å². The molecule has 2 aromatic heterocycles. The van der Waals surface area contributed by atoms with Gasteiger partial charge in [-0.25, -0.2) is 4.98 Å². The molecule has 1 unspecified atom stereocenters. The number of fused-ring (bicyclic) bond motifs is 3. The molecule has 1 atom stereocenters. The number of hydrogen-bond acceptors (Lipinski definition) is 1. The van der Waals surface area contributed by atoms with Crippen LogP contribution in [-0.4, -0.2) is 9.55 Å². The van der Waals surface area contributed by atoms with Gasteiger partial charge >= 0.3 is 0 Å². The van der Waals surface area contributed by atoms with Crippen LogP contribution in [0.2, 0.25) is 0 Å². The maximum absolute atomic E-state index is 4.69. The van der Waals surface area contributed by atoms with Crippen LogP contribution in [-0.2, 0) is 0 Å². The quantitative estimate of drug-likeness (QED) is 0.623. The molecular weight excluding hydrogens is 256 g/mol. The maximum atomic E-state index is 4.69. The Kier molecular flexibility index (Phi) is 3.71. The number of nitrogens with zero attached hydrogens (tertiary/aromatic N) is 2. The molecule has 2 nitrogen and oxygen atoms in total. The largest absolute Gasteiger partial charge is 0.322 e. The van der Waals surface area contributed by atoms with Crippen LogP contribution >= 0.6 is 0 Å². The number of hydrogen-bond donors (Lipinski definition) is 0. The van der Waals surface area contributed by atoms with Crippen molar-refractivity contribution in [3.63, 3.8) is 0 Å². The second kappa shape index (κ2) is 5.51. The lowest BCUT2D eigenvalue weighted by Gasteiger charge is -2.26.